The molecule has 16 heavy (non-hydrogen) atoms. The zero-order valence-electron chi connectivity index (χ0n) is 8.26. The van der Waals surface area contributed by atoms with Crippen molar-refractivity contribution in [2.24, 2.45) is 11.0 Å². The van der Waals surface area contributed by atoms with Crippen molar-refractivity contribution < 1.29 is 9.36 Å². The maximum atomic E-state index is 11.1. The zero-order chi connectivity index (χ0) is 12.2. The van der Waals surface area contributed by atoms with Gasteiger partial charge in [0.2, 0.25) is 0 Å². The van der Waals surface area contributed by atoms with Crippen molar-refractivity contribution in [3.63, 3.8) is 0 Å². The van der Waals surface area contributed by atoms with E-state index in [1.54, 1.807) is 24.3 Å². The van der Waals surface area contributed by atoms with Crippen LogP contribution >= 0.6 is 19.2 Å². The summed E-state index contributed by atoms with van der Waals surface area (Å²) in [5.41, 5.74) is 10.7. The number of benzene rings is 1. The third-order valence-corrected chi connectivity index (χ3v) is 2.40. The Hall–Kier alpha value is -1.13. The topological polar surface area (TPSA) is 98.2 Å². The van der Waals surface area contributed by atoms with Crippen LogP contribution in [0.25, 0.3) is 6.08 Å². The van der Waals surface area contributed by atoms with Gasteiger partial charge in [-0.05, 0) is 23.8 Å². The highest BCUT2D eigenvalue weighted by molar-refractivity contribution is 7.57. The molecule has 1 aromatic rings. The molecule has 1 amide bonds. The van der Waals surface area contributed by atoms with E-state index in [-0.39, 0.29) is 0 Å². The fourth-order valence-electron chi connectivity index (χ4n) is 0.955. The lowest BCUT2D eigenvalue weighted by Crippen LogP contribution is -2.26. The van der Waals surface area contributed by atoms with Gasteiger partial charge in [0.1, 0.15) is 0 Å². The number of carbonyl (C=O) groups is 1. The van der Waals surface area contributed by atoms with Crippen LogP contribution in [0.5, 0.6) is 0 Å². The van der Waals surface area contributed by atoms with Crippen LogP contribution in [0.3, 0.4) is 0 Å². The first-order valence-corrected chi connectivity index (χ1v) is 6.52. The lowest BCUT2D eigenvalue weighted by atomic mass is 10.2. The molecule has 0 heterocycles. The first-order chi connectivity index (χ1) is 7.37. The van der Waals surface area contributed by atoms with Gasteiger partial charge in [-0.15, -0.1) is 0 Å². The molecule has 0 radical (unpaired) electrons. The Kier molecular flexibility index (Phi) is 4.26. The van der Waals surface area contributed by atoms with Crippen molar-refractivity contribution in [1.82, 2.24) is 5.09 Å². The van der Waals surface area contributed by atoms with Crippen LogP contribution in [0.1, 0.15) is 5.56 Å². The fraction of sp³-hybridized carbons (Fsp3) is 0. The van der Waals surface area contributed by atoms with Crippen molar-refractivity contribution in [3.8, 4) is 0 Å². The van der Waals surface area contributed by atoms with E-state index in [1.165, 1.54) is 12.2 Å². The number of nitrogens with one attached hydrogen (secondary N) is 1. The molecule has 0 saturated heterocycles. The normalized spacial score (nSPS) is 11.7. The highest BCUT2D eigenvalue weighted by Gasteiger charge is 2.09. The van der Waals surface area contributed by atoms with Crippen LogP contribution in [0.4, 0.5) is 0 Å². The third kappa shape index (κ3) is 5.09. The summed E-state index contributed by atoms with van der Waals surface area (Å²) in [6.45, 7) is 0. The molecular formula is C9H11ClN3O2P. The summed E-state index contributed by atoms with van der Waals surface area (Å²) in [6, 6.07) is 6.85. The zero-order valence-corrected chi connectivity index (χ0v) is 9.91. The molecule has 0 spiro atoms. The molecule has 5 N–H and O–H groups in total. The van der Waals surface area contributed by atoms with Crippen LogP contribution in [0.15, 0.2) is 30.3 Å². The number of hydrogen-bond acceptors (Lipinski definition) is 2. The minimum Gasteiger partial charge on any atom is -0.280 e. The largest absolute Gasteiger partial charge is 0.300 e. The molecule has 1 rings (SSSR count). The molecule has 0 aliphatic carbocycles. The Labute approximate surface area is 98.0 Å². The predicted octanol–water partition coefficient (Wildman–Crippen LogP) is 1.49. The van der Waals surface area contributed by atoms with Gasteiger partial charge in [-0.25, -0.2) is 0 Å². The Morgan fingerprint density at radius 2 is 1.88 bits per heavy atom. The van der Waals surface area contributed by atoms with E-state index in [0.717, 1.165) is 5.56 Å². The molecule has 0 aromatic heterocycles. The number of rotatable bonds is 3. The predicted molar refractivity (Wildman–Crippen MR) is 64.6 cm³/mol. The SMILES string of the molecule is NP(N)(=O)NC(=O)C=Cc1ccc(Cl)cc1. The summed E-state index contributed by atoms with van der Waals surface area (Å²) in [6.07, 6.45) is 2.72. The molecule has 0 bridgehead atoms. The quantitative estimate of drug-likeness (QED) is 0.566. The Bertz CT molecular complexity index is 452. The first kappa shape index (κ1) is 12.9. The number of hydrogen-bond donors (Lipinski definition) is 3. The molecule has 0 unspecified atom stereocenters. The molecule has 0 fully saturated rings. The minimum atomic E-state index is -3.52. The van der Waals surface area contributed by atoms with Crippen molar-refractivity contribution in [3.05, 3.63) is 40.9 Å². The second-order valence-electron chi connectivity index (χ2n) is 3.07. The van der Waals surface area contributed by atoms with Crippen molar-refractivity contribution in [1.29, 1.82) is 0 Å². The second kappa shape index (κ2) is 5.27. The third-order valence-electron chi connectivity index (χ3n) is 1.58. The van der Waals surface area contributed by atoms with Gasteiger partial charge in [-0.2, -0.15) is 0 Å². The molecule has 0 atom stereocenters. The van der Waals surface area contributed by atoms with Crippen LogP contribution in [-0.4, -0.2) is 5.91 Å². The van der Waals surface area contributed by atoms with Crippen molar-refractivity contribution in [2.75, 3.05) is 0 Å². The van der Waals surface area contributed by atoms with Crippen molar-refractivity contribution >= 4 is 31.2 Å². The highest BCUT2D eigenvalue weighted by atomic mass is 35.5. The Morgan fingerprint density at radius 1 is 1.31 bits per heavy atom. The minimum absolute atomic E-state index is 0.606. The lowest BCUT2D eigenvalue weighted by Gasteiger charge is -2.05. The fourth-order valence-corrected chi connectivity index (χ4v) is 1.50. The Balaban J connectivity index is 2.64. The average Bonchev–Trinajstić information content (AvgIpc) is 2.14. The molecular weight excluding hydrogens is 249 g/mol. The molecule has 5 nitrogen and oxygen atoms in total. The van der Waals surface area contributed by atoms with Crippen LogP contribution < -0.4 is 16.1 Å². The number of carbonyl (C=O) groups excluding carboxylic acids is 1. The molecule has 0 saturated carbocycles. The summed E-state index contributed by atoms with van der Waals surface area (Å²) in [4.78, 5) is 11.1. The van der Waals surface area contributed by atoms with Gasteiger partial charge in [-0.1, -0.05) is 23.7 Å². The Morgan fingerprint density at radius 3 is 2.38 bits per heavy atom. The summed E-state index contributed by atoms with van der Waals surface area (Å²) in [7, 11) is -3.52. The van der Waals surface area contributed by atoms with Crippen molar-refractivity contribution in [2.45, 2.75) is 0 Å². The molecule has 7 heteroatoms. The maximum absolute atomic E-state index is 11.1. The number of halogens is 1. The van der Waals surface area contributed by atoms with E-state index >= 15 is 0 Å². The monoisotopic (exact) mass is 259 g/mol. The van der Waals surface area contributed by atoms with Gasteiger partial charge in [0.15, 0.2) is 0 Å². The summed E-state index contributed by atoms with van der Waals surface area (Å²) in [5.74, 6) is -0.608. The second-order valence-corrected chi connectivity index (χ2v) is 5.15. The average molecular weight is 260 g/mol. The van der Waals surface area contributed by atoms with E-state index in [4.69, 9.17) is 22.6 Å². The highest BCUT2D eigenvalue weighted by Crippen LogP contribution is 2.17. The van der Waals surface area contributed by atoms with Gasteiger partial charge in [0.25, 0.3) is 5.91 Å². The number of nitrogens with two attached hydrogens (primary N) is 2. The van der Waals surface area contributed by atoms with Gasteiger partial charge < -0.3 is 0 Å². The summed E-state index contributed by atoms with van der Waals surface area (Å²) in [5, 5.41) is 2.57. The van der Waals surface area contributed by atoms with Gasteiger partial charge >= 0.3 is 7.59 Å². The smallest absolute Gasteiger partial charge is 0.280 e. The lowest BCUT2D eigenvalue weighted by molar-refractivity contribution is -0.114. The first-order valence-electron chi connectivity index (χ1n) is 4.30. The van der Waals surface area contributed by atoms with Crippen LogP contribution in [0, 0.1) is 0 Å². The molecule has 1 aromatic carbocycles. The summed E-state index contributed by atoms with van der Waals surface area (Å²) >= 11 is 5.69. The van der Waals surface area contributed by atoms with E-state index in [2.05, 4.69) is 0 Å². The maximum Gasteiger partial charge on any atom is 0.300 e. The van der Waals surface area contributed by atoms with E-state index in [0.29, 0.717) is 5.02 Å². The number of amides is 1. The molecule has 0 aliphatic heterocycles. The van der Waals surface area contributed by atoms with Gasteiger partial charge in [-0.3, -0.25) is 25.5 Å². The van der Waals surface area contributed by atoms with Crippen LogP contribution in [0.2, 0.25) is 5.02 Å². The summed E-state index contributed by atoms with van der Waals surface area (Å²) < 4.78 is 10.9. The van der Waals surface area contributed by atoms with E-state index < -0.39 is 13.5 Å². The molecule has 0 aliphatic rings. The van der Waals surface area contributed by atoms with Gasteiger partial charge in [0.05, 0.1) is 0 Å². The molecule has 86 valence electrons. The van der Waals surface area contributed by atoms with Crippen LogP contribution in [-0.2, 0) is 9.36 Å². The van der Waals surface area contributed by atoms with E-state index in [1.807, 2.05) is 5.09 Å². The van der Waals surface area contributed by atoms with Gasteiger partial charge in [0, 0.05) is 11.1 Å². The standard InChI is InChI=1S/C9H11ClN3O2P/c10-8-4-1-7(2-5-8)3-6-9(14)13-16(11,12)15/h1-6H,(H5,11,12,13,14,15). The van der Waals surface area contributed by atoms with E-state index in [9.17, 15) is 9.36 Å².